The van der Waals surface area contributed by atoms with E-state index in [1.54, 1.807) is 6.07 Å². The van der Waals surface area contributed by atoms with Gasteiger partial charge in [0.1, 0.15) is 5.75 Å². The Morgan fingerprint density at radius 3 is 2.45 bits per heavy atom. The van der Waals surface area contributed by atoms with Gasteiger partial charge in [-0.15, -0.1) is 13.2 Å². The maximum Gasteiger partial charge on any atom is 0.573 e. The summed E-state index contributed by atoms with van der Waals surface area (Å²) < 4.78 is 41.2. The summed E-state index contributed by atoms with van der Waals surface area (Å²) in [4.78, 5) is 10.7. The molecule has 0 amide bonds. The molecule has 0 fully saturated rings. The molecule has 0 aliphatic heterocycles. The lowest BCUT2D eigenvalue weighted by atomic mass is 10.0. The normalized spacial score (nSPS) is 11.3. The SMILES string of the molecule is O=C(O)Cc1ccc(-c2ccccc2OC(F)(F)F)cc1Cl. The summed E-state index contributed by atoms with van der Waals surface area (Å²) in [5, 5.41) is 8.91. The number of alkyl halides is 3. The average molecular weight is 331 g/mol. The second-order valence-electron chi connectivity index (χ2n) is 4.42. The Kier molecular flexibility index (Phi) is 4.61. The molecule has 116 valence electrons. The lowest BCUT2D eigenvalue weighted by molar-refractivity contribution is -0.274. The van der Waals surface area contributed by atoms with E-state index in [-0.39, 0.29) is 22.8 Å². The number of hydrogen-bond acceptors (Lipinski definition) is 2. The first-order valence-corrected chi connectivity index (χ1v) is 6.49. The zero-order valence-electron chi connectivity index (χ0n) is 11.0. The molecule has 0 atom stereocenters. The van der Waals surface area contributed by atoms with E-state index in [0.717, 1.165) is 0 Å². The van der Waals surface area contributed by atoms with Crippen molar-refractivity contribution in [2.75, 3.05) is 0 Å². The Balaban J connectivity index is 2.40. The van der Waals surface area contributed by atoms with E-state index in [1.165, 1.54) is 36.4 Å². The van der Waals surface area contributed by atoms with Gasteiger partial charge in [-0.3, -0.25) is 4.79 Å². The van der Waals surface area contributed by atoms with Crippen LogP contribution in [0, 0.1) is 0 Å². The molecule has 0 radical (unpaired) electrons. The Morgan fingerprint density at radius 2 is 1.86 bits per heavy atom. The summed E-state index contributed by atoms with van der Waals surface area (Å²) in [5.74, 6) is -1.40. The number of aliphatic carboxylic acids is 1. The Labute approximate surface area is 128 Å². The fraction of sp³-hybridized carbons (Fsp3) is 0.133. The van der Waals surface area contributed by atoms with Gasteiger partial charge in [-0.2, -0.15) is 0 Å². The van der Waals surface area contributed by atoms with Crippen LogP contribution < -0.4 is 4.74 Å². The molecule has 3 nitrogen and oxygen atoms in total. The number of halogens is 4. The first-order valence-electron chi connectivity index (χ1n) is 6.11. The van der Waals surface area contributed by atoms with Crippen molar-refractivity contribution >= 4 is 17.6 Å². The molecule has 1 N–H and O–H groups in total. The van der Waals surface area contributed by atoms with Gasteiger partial charge in [0.05, 0.1) is 6.42 Å². The second-order valence-corrected chi connectivity index (χ2v) is 4.83. The summed E-state index contributed by atoms with van der Waals surface area (Å²) in [6.07, 6.45) is -5.07. The first-order chi connectivity index (χ1) is 10.3. The number of para-hydroxylation sites is 1. The Hall–Kier alpha value is -2.21. The largest absolute Gasteiger partial charge is 0.573 e. The number of carboxylic acid groups (broad SMARTS) is 1. The van der Waals surface area contributed by atoms with E-state index in [0.29, 0.717) is 11.1 Å². The minimum Gasteiger partial charge on any atom is -0.481 e. The molecule has 0 saturated carbocycles. The maximum absolute atomic E-state index is 12.4. The summed E-state index contributed by atoms with van der Waals surface area (Å²) in [5.41, 5.74) is 0.995. The van der Waals surface area contributed by atoms with Crippen molar-refractivity contribution in [2.45, 2.75) is 12.8 Å². The lowest BCUT2D eigenvalue weighted by Crippen LogP contribution is -2.17. The van der Waals surface area contributed by atoms with E-state index < -0.39 is 12.3 Å². The van der Waals surface area contributed by atoms with Crippen LogP contribution in [0.1, 0.15) is 5.56 Å². The third kappa shape index (κ3) is 4.14. The molecule has 0 heterocycles. The highest BCUT2D eigenvalue weighted by atomic mass is 35.5. The van der Waals surface area contributed by atoms with Crippen LogP contribution in [-0.2, 0) is 11.2 Å². The fourth-order valence-electron chi connectivity index (χ4n) is 1.94. The van der Waals surface area contributed by atoms with Crippen LogP contribution in [0.15, 0.2) is 42.5 Å². The molecular weight excluding hydrogens is 321 g/mol. The van der Waals surface area contributed by atoms with Crippen molar-refractivity contribution in [3.63, 3.8) is 0 Å². The monoisotopic (exact) mass is 330 g/mol. The van der Waals surface area contributed by atoms with Crippen LogP contribution in [0.2, 0.25) is 5.02 Å². The highest BCUT2D eigenvalue weighted by Gasteiger charge is 2.32. The van der Waals surface area contributed by atoms with Crippen LogP contribution in [0.4, 0.5) is 13.2 Å². The van der Waals surface area contributed by atoms with E-state index in [9.17, 15) is 18.0 Å². The minimum absolute atomic E-state index is 0.168. The van der Waals surface area contributed by atoms with Gasteiger partial charge in [0.2, 0.25) is 0 Å². The van der Waals surface area contributed by atoms with Gasteiger partial charge in [-0.25, -0.2) is 0 Å². The van der Waals surface area contributed by atoms with Gasteiger partial charge in [-0.05, 0) is 23.3 Å². The van der Waals surface area contributed by atoms with E-state index >= 15 is 0 Å². The molecule has 0 bridgehead atoms. The van der Waals surface area contributed by atoms with Crippen molar-refractivity contribution in [3.8, 4) is 16.9 Å². The van der Waals surface area contributed by atoms with Gasteiger partial charge in [0.15, 0.2) is 0 Å². The summed E-state index contributed by atoms with van der Waals surface area (Å²) >= 11 is 5.98. The molecule has 2 aromatic rings. The molecule has 0 aromatic heterocycles. The standard InChI is InChI=1S/C15H10ClF3O3/c16-12-7-9(5-6-10(12)8-14(20)21)11-3-1-2-4-13(11)22-15(17,18)19/h1-7H,8H2,(H,20,21). The van der Waals surface area contributed by atoms with Crippen molar-refractivity contribution in [3.05, 3.63) is 53.1 Å². The molecule has 0 aliphatic rings. The molecular formula is C15H10ClF3O3. The van der Waals surface area contributed by atoms with Crippen LogP contribution in [0.3, 0.4) is 0 Å². The van der Waals surface area contributed by atoms with E-state index in [1.807, 2.05) is 0 Å². The molecule has 2 aromatic carbocycles. The highest BCUT2D eigenvalue weighted by molar-refractivity contribution is 6.31. The molecule has 22 heavy (non-hydrogen) atoms. The smallest absolute Gasteiger partial charge is 0.481 e. The third-order valence-corrected chi connectivity index (χ3v) is 3.17. The van der Waals surface area contributed by atoms with Crippen LogP contribution >= 0.6 is 11.6 Å². The van der Waals surface area contributed by atoms with Crippen molar-refractivity contribution in [2.24, 2.45) is 0 Å². The number of rotatable bonds is 4. The number of carboxylic acids is 1. The zero-order chi connectivity index (χ0) is 16.3. The van der Waals surface area contributed by atoms with Crippen molar-refractivity contribution in [1.29, 1.82) is 0 Å². The van der Waals surface area contributed by atoms with Crippen molar-refractivity contribution in [1.82, 2.24) is 0 Å². The average Bonchev–Trinajstić information content (AvgIpc) is 2.39. The summed E-state index contributed by atoms with van der Waals surface area (Å²) in [6, 6.07) is 10.0. The van der Waals surface area contributed by atoms with Gasteiger partial charge in [0.25, 0.3) is 0 Å². The lowest BCUT2D eigenvalue weighted by Gasteiger charge is -2.14. The summed E-state index contributed by atoms with van der Waals surface area (Å²) in [6.45, 7) is 0. The first kappa shape index (κ1) is 16.2. The Morgan fingerprint density at radius 1 is 1.18 bits per heavy atom. The number of benzene rings is 2. The van der Waals surface area contributed by atoms with Crippen LogP contribution in [-0.4, -0.2) is 17.4 Å². The quantitative estimate of drug-likeness (QED) is 0.895. The van der Waals surface area contributed by atoms with Gasteiger partial charge in [0, 0.05) is 10.6 Å². The number of hydrogen-bond donors (Lipinski definition) is 1. The topological polar surface area (TPSA) is 46.5 Å². The van der Waals surface area contributed by atoms with E-state index in [2.05, 4.69) is 4.74 Å². The maximum atomic E-state index is 12.4. The van der Waals surface area contributed by atoms with Gasteiger partial charge in [-0.1, -0.05) is 41.9 Å². The van der Waals surface area contributed by atoms with Crippen molar-refractivity contribution < 1.29 is 27.8 Å². The zero-order valence-corrected chi connectivity index (χ0v) is 11.8. The molecule has 0 saturated heterocycles. The van der Waals surface area contributed by atoms with Crippen LogP contribution in [0.5, 0.6) is 5.75 Å². The number of carbonyl (C=O) groups is 1. The third-order valence-electron chi connectivity index (χ3n) is 2.82. The highest BCUT2D eigenvalue weighted by Crippen LogP contribution is 2.35. The summed E-state index contributed by atoms with van der Waals surface area (Å²) in [7, 11) is 0. The molecule has 2 rings (SSSR count). The second kappa shape index (κ2) is 6.27. The van der Waals surface area contributed by atoms with Crippen LogP contribution in [0.25, 0.3) is 11.1 Å². The fourth-order valence-corrected chi connectivity index (χ4v) is 2.19. The molecule has 0 aliphatic carbocycles. The van der Waals surface area contributed by atoms with Gasteiger partial charge >= 0.3 is 12.3 Å². The molecule has 0 spiro atoms. The predicted molar refractivity (Wildman–Crippen MR) is 74.9 cm³/mol. The minimum atomic E-state index is -4.80. The van der Waals surface area contributed by atoms with E-state index in [4.69, 9.17) is 16.7 Å². The number of ether oxygens (including phenoxy) is 1. The predicted octanol–water partition coefficient (Wildman–Crippen LogP) is 4.53. The molecule has 0 unspecified atom stereocenters. The Bertz CT molecular complexity index is 699. The van der Waals surface area contributed by atoms with Gasteiger partial charge < -0.3 is 9.84 Å². The molecule has 7 heteroatoms.